The highest BCUT2D eigenvalue weighted by Crippen LogP contribution is 2.39. The number of nitrogens with zero attached hydrogens (tertiary/aromatic N) is 2. The molecule has 2 aliphatic rings. The van der Waals surface area contributed by atoms with E-state index in [9.17, 15) is 5.11 Å². The molecule has 3 aromatic heterocycles. The van der Waals surface area contributed by atoms with Crippen LogP contribution in [0.3, 0.4) is 0 Å². The summed E-state index contributed by atoms with van der Waals surface area (Å²) in [6.45, 7) is 0. The zero-order chi connectivity index (χ0) is 33.6. The molecule has 6 heteroatoms. The number of phenolic OH excluding ortho intramolecular Hbond substituents is 1. The average molecular weight is 757 g/mol. The molecule has 7 aromatic rings. The summed E-state index contributed by atoms with van der Waals surface area (Å²) in [5.41, 5.74) is 15.4. The van der Waals surface area contributed by atoms with Crippen molar-refractivity contribution >= 4 is 69.0 Å². The quantitative estimate of drug-likeness (QED) is 0.157. The highest BCUT2D eigenvalue weighted by molar-refractivity contribution is 14.1. The number of aromatic hydroxyl groups is 1. The lowest BCUT2D eigenvalue weighted by molar-refractivity contribution is 0.471. The van der Waals surface area contributed by atoms with Crippen LogP contribution in [-0.4, -0.2) is 25.0 Å². The predicted molar refractivity (Wildman–Crippen MR) is 215 cm³/mol. The van der Waals surface area contributed by atoms with E-state index in [0.29, 0.717) is 0 Å². The van der Waals surface area contributed by atoms with E-state index >= 15 is 0 Å². The van der Waals surface area contributed by atoms with Gasteiger partial charge in [0.2, 0.25) is 0 Å². The van der Waals surface area contributed by atoms with Gasteiger partial charge in [0.25, 0.3) is 0 Å². The highest BCUT2D eigenvalue weighted by atomic mass is 127. The predicted octanol–water partition coefficient (Wildman–Crippen LogP) is 11.6. The minimum absolute atomic E-state index is 0.248. The van der Waals surface area contributed by atoms with Gasteiger partial charge in [0.1, 0.15) is 5.75 Å². The van der Waals surface area contributed by atoms with Crippen molar-refractivity contribution in [3.05, 3.63) is 160 Å². The Labute approximate surface area is 302 Å². The zero-order valence-electron chi connectivity index (χ0n) is 26.7. The SMILES string of the molecule is Oc1ccc(-c2c3nc(c(-c4ccccc4)c4ccc([nH]4)c(-c4ccccc4)c4nc(c(-c5ccccc5)c5ccc2[nH]5)C=C4)C=C3)cc1I. The van der Waals surface area contributed by atoms with Crippen LogP contribution in [0.2, 0.25) is 0 Å². The molecule has 0 fully saturated rings. The van der Waals surface area contributed by atoms with Crippen molar-refractivity contribution in [2.75, 3.05) is 0 Å². The van der Waals surface area contributed by atoms with Gasteiger partial charge in [-0.15, -0.1) is 0 Å². The maximum Gasteiger partial charge on any atom is 0.128 e. The Bertz CT molecular complexity index is 2620. The number of phenols is 1. The third kappa shape index (κ3) is 5.34. The maximum absolute atomic E-state index is 10.4. The smallest absolute Gasteiger partial charge is 0.128 e. The second-order valence-electron chi connectivity index (χ2n) is 12.3. The van der Waals surface area contributed by atoms with Crippen molar-refractivity contribution in [3.8, 4) is 50.3 Å². The summed E-state index contributed by atoms with van der Waals surface area (Å²) in [6, 6.07) is 45.5. The van der Waals surface area contributed by atoms with E-state index in [-0.39, 0.29) is 5.75 Å². The molecule has 0 saturated heterocycles. The molecule has 2 aliphatic heterocycles. The monoisotopic (exact) mass is 756 g/mol. The number of hydrogen-bond acceptors (Lipinski definition) is 3. The van der Waals surface area contributed by atoms with Gasteiger partial charge in [-0.2, -0.15) is 0 Å². The van der Waals surface area contributed by atoms with E-state index in [1.165, 1.54) is 0 Å². The fourth-order valence-electron chi connectivity index (χ4n) is 6.90. The molecule has 50 heavy (non-hydrogen) atoms. The molecular weight excluding hydrogens is 727 g/mol. The summed E-state index contributed by atoms with van der Waals surface area (Å²) in [6.07, 6.45) is 8.41. The maximum atomic E-state index is 10.4. The Balaban J connectivity index is 1.48. The fourth-order valence-corrected chi connectivity index (χ4v) is 7.41. The summed E-state index contributed by atoms with van der Waals surface area (Å²) in [5, 5.41) is 10.4. The van der Waals surface area contributed by atoms with E-state index < -0.39 is 0 Å². The normalized spacial score (nSPS) is 12.0. The van der Waals surface area contributed by atoms with E-state index in [0.717, 1.165) is 92.9 Å². The largest absolute Gasteiger partial charge is 0.507 e. The lowest BCUT2D eigenvalue weighted by atomic mass is 10.0. The van der Waals surface area contributed by atoms with Gasteiger partial charge in [0.15, 0.2) is 0 Å². The Morgan fingerprint density at radius 1 is 0.400 bits per heavy atom. The number of benzene rings is 4. The summed E-state index contributed by atoms with van der Waals surface area (Å²) in [7, 11) is 0. The molecule has 9 rings (SSSR count). The Kier molecular flexibility index (Phi) is 7.51. The van der Waals surface area contributed by atoms with Crippen LogP contribution in [-0.2, 0) is 0 Å². The minimum atomic E-state index is 0.248. The lowest BCUT2D eigenvalue weighted by Gasteiger charge is -2.07. The second kappa shape index (κ2) is 12.5. The van der Waals surface area contributed by atoms with E-state index in [1.54, 1.807) is 6.07 Å². The first-order valence-electron chi connectivity index (χ1n) is 16.4. The first-order valence-corrected chi connectivity index (χ1v) is 17.5. The van der Waals surface area contributed by atoms with Gasteiger partial charge in [-0.25, -0.2) is 9.97 Å². The first-order chi connectivity index (χ1) is 24.6. The average Bonchev–Trinajstić information content (AvgIpc) is 3.99. The molecule has 3 N–H and O–H groups in total. The van der Waals surface area contributed by atoms with Crippen LogP contribution in [0.4, 0.5) is 0 Å². The number of aromatic amines is 2. The number of halogens is 1. The van der Waals surface area contributed by atoms with Crippen LogP contribution >= 0.6 is 22.6 Å². The number of aromatic nitrogens is 4. The Morgan fingerprint density at radius 2 is 0.740 bits per heavy atom. The third-order valence-electron chi connectivity index (χ3n) is 9.18. The van der Waals surface area contributed by atoms with Crippen LogP contribution in [0, 0.1) is 3.57 Å². The number of hydrogen-bond donors (Lipinski definition) is 3. The fraction of sp³-hybridized carbons (Fsp3) is 0. The topological polar surface area (TPSA) is 77.6 Å². The molecule has 0 saturated carbocycles. The molecule has 4 aromatic carbocycles. The number of rotatable bonds is 4. The van der Waals surface area contributed by atoms with Crippen LogP contribution in [0.25, 0.3) is 90.9 Å². The minimum Gasteiger partial charge on any atom is -0.507 e. The van der Waals surface area contributed by atoms with Gasteiger partial charge in [-0.1, -0.05) is 97.1 Å². The summed E-state index contributed by atoms with van der Waals surface area (Å²) < 4.78 is 0.768. The first kappa shape index (κ1) is 30.1. The Hall–Kier alpha value is -5.99. The van der Waals surface area contributed by atoms with Crippen molar-refractivity contribution < 1.29 is 5.11 Å². The molecular formula is C44H29IN4O. The number of H-pyrrole nitrogens is 2. The molecule has 0 amide bonds. The Morgan fingerprint density at radius 3 is 1.08 bits per heavy atom. The molecule has 5 heterocycles. The van der Waals surface area contributed by atoms with Crippen LogP contribution < -0.4 is 0 Å². The standard InChI is InChI=1S/C44H29IN4O/c45-31-26-30(16-25-40(31)50)44-38-23-21-36(48-38)42(28-12-6-2-7-13-28)34-19-17-32(46-34)41(27-10-4-1-5-11-27)33-18-20-35(47-33)43(29-14-8-3-9-15-29)37-22-24-39(44)49-37/h1-26,46,49-50H. The van der Waals surface area contributed by atoms with Gasteiger partial charge in [0, 0.05) is 44.3 Å². The second-order valence-corrected chi connectivity index (χ2v) is 13.4. The third-order valence-corrected chi connectivity index (χ3v) is 10.0. The summed E-state index contributed by atoms with van der Waals surface area (Å²) in [5.74, 6) is 0.248. The molecule has 0 unspecified atom stereocenters. The van der Waals surface area contributed by atoms with Gasteiger partial charge >= 0.3 is 0 Å². The number of nitrogens with one attached hydrogen (secondary N) is 2. The van der Waals surface area contributed by atoms with Crippen molar-refractivity contribution in [1.29, 1.82) is 0 Å². The van der Waals surface area contributed by atoms with Crippen LogP contribution in [0.5, 0.6) is 5.75 Å². The van der Waals surface area contributed by atoms with E-state index in [1.807, 2.05) is 30.3 Å². The summed E-state index contributed by atoms with van der Waals surface area (Å²) >= 11 is 2.18. The van der Waals surface area contributed by atoms with Gasteiger partial charge in [0.05, 0.1) is 26.3 Å². The highest BCUT2D eigenvalue weighted by Gasteiger charge is 2.19. The molecule has 0 spiro atoms. The molecule has 5 nitrogen and oxygen atoms in total. The van der Waals surface area contributed by atoms with Crippen molar-refractivity contribution in [2.24, 2.45) is 0 Å². The van der Waals surface area contributed by atoms with Crippen molar-refractivity contribution in [3.63, 3.8) is 0 Å². The molecule has 0 radical (unpaired) electrons. The van der Waals surface area contributed by atoms with Gasteiger partial charge in [-0.05, 0) is 106 Å². The lowest BCUT2D eigenvalue weighted by Crippen LogP contribution is -1.90. The molecule has 0 aliphatic carbocycles. The van der Waals surface area contributed by atoms with Crippen molar-refractivity contribution in [2.45, 2.75) is 0 Å². The zero-order valence-corrected chi connectivity index (χ0v) is 28.9. The van der Waals surface area contributed by atoms with E-state index in [2.05, 4.69) is 154 Å². The van der Waals surface area contributed by atoms with Crippen molar-refractivity contribution in [1.82, 2.24) is 19.9 Å². The van der Waals surface area contributed by atoms with Crippen LogP contribution in [0.1, 0.15) is 22.8 Å². The molecule has 238 valence electrons. The molecule has 8 bridgehead atoms. The van der Waals surface area contributed by atoms with Crippen LogP contribution in [0.15, 0.2) is 133 Å². The molecule has 0 atom stereocenters. The van der Waals surface area contributed by atoms with E-state index in [4.69, 9.17) is 9.97 Å². The number of fused-ring (bicyclic) bond motifs is 8. The summed E-state index contributed by atoms with van der Waals surface area (Å²) in [4.78, 5) is 18.2. The van der Waals surface area contributed by atoms with Gasteiger partial charge < -0.3 is 15.1 Å². The van der Waals surface area contributed by atoms with Gasteiger partial charge in [-0.3, -0.25) is 0 Å².